The number of carbonyl (C=O) groups is 1. The molecule has 116 valence electrons. The Labute approximate surface area is 141 Å². The average molecular weight is 349 g/mol. The number of aromatic nitrogens is 2. The van der Waals surface area contributed by atoms with Gasteiger partial charge in [0.1, 0.15) is 11.3 Å². The maximum Gasteiger partial charge on any atom is 0.309 e. The molecule has 0 aliphatic carbocycles. The fraction of sp³-hybridized carbons (Fsp3) is 0.0667. The highest BCUT2D eigenvalue weighted by atomic mass is 35.5. The van der Waals surface area contributed by atoms with Gasteiger partial charge in [-0.05, 0) is 24.3 Å². The van der Waals surface area contributed by atoms with Crippen molar-refractivity contribution in [3.05, 3.63) is 58.3 Å². The van der Waals surface area contributed by atoms with Gasteiger partial charge < -0.3 is 5.11 Å². The minimum absolute atomic E-state index is 0.268. The van der Waals surface area contributed by atoms with Gasteiger partial charge in [0.2, 0.25) is 0 Å². The van der Waals surface area contributed by atoms with Crippen LogP contribution in [0.4, 0.5) is 11.5 Å². The molecule has 0 aliphatic rings. The number of hydrogen-bond acceptors (Lipinski definition) is 4. The third kappa shape index (κ3) is 3.33. The fourth-order valence-electron chi connectivity index (χ4n) is 2.06. The quantitative estimate of drug-likeness (QED) is 0.695. The zero-order valence-corrected chi connectivity index (χ0v) is 13.2. The molecule has 23 heavy (non-hydrogen) atoms. The molecule has 0 atom stereocenters. The van der Waals surface area contributed by atoms with E-state index in [4.69, 9.17) is 28.3 Å². The first-order valence-electron chi connectivity index (χ1n) is 6.59. The van der Waals surface area contributed by atoms with Crippen LogP contribution < -0.4 is 0 Å². The van der Waals surface area contributed by atoms with Crippen molar-refractivity contribution in [1.29, 1.82) is 0 Å². The minimum atomic E-state index is -1.01. The second-order valence-corrected chi connectivity index (χ2v) is 5.52. The smallest absolute Gasteiger partial charge is 0.309 e. The van der Waals surface area contributed by atoms with Gasteiger partial charge in [-0.15, -0.1) is 10.2 Å². The van der Waals surface area contributed by atoms with Crippen molar-refractivity contribution in [3.63, 3.8) is 0 Å². The van der Waals surface area contributed by atoms with E-state index in [0.29, 0.717) is 32.9 Å². The minimum Gasteiger partial charge on any atom is -0.481 e. The molecule has 0 spiro atoms. The Bertz CT molecular complexity index is 921. The summed E-state index contributed by atoms with van der Waals surface area (Å²) >= 11 is 12.0. The van der Waals surface area contributed by atoms with Crippen LogP contribution in [-0.4, -0.2) is 20.5 Å². The molecule has 0 fully saturated rings. The first kappa shape index (κ1) is 15.5. The number of pyridine rings is 1. The largest absolute Gasteiger partial charge is 0.481 e. The van der Waals surface area contributed by atoms with E-state index >= 15 is 0 Å². The second-order valence-electron chi connectivity index (χ2n) is 4.68. The van der Waals surface area contributed by atoms with Gasteiger partial charge in [0, 0.05) is 6.20 Å². The van der Waals surface area contributed by atoms with E-state index in [-0.39, 0.29) is 6.42 Å². The summed E-state index contributed by atoms with van der Waals surface area (Å²) < 4.78 is 1.60. The fourth-order valence-corrected chi connectivity index (χ4v) is 2.39. The molecule has 0 unspecified atom stereocenters. The zero-order chi connectivity index (χ0) is 16.4. The summed E-state index contributed by atoms with van der Waals surface area (Å²) in [5.74, 6) is -0.696. The first-order chi connectivity index (χ1) is 11.0. The van der Waals surface area contributed by atoms with E-state index in [1.807, 2.05) is 0 Å². The van der Waals surface area contributed by atoms with Gasteiger partial charge in [0.05, 0.1) is 22.2 Å². The number of azo groups is 1. The molecule has 0 saturated heterocycles. The molecule has 8 heteroatoms. The normalized spacial score (nSPS) is 11.4. The van der Waals surface area contributed by atoms with Crippen LogP contribution in [0, 0.1) is 0 Å². The van der Waals surface area contributed by atoms with Crippen molar-refractivity contribution in [3.8, 4) is 0 Å². The van der Waals surface area contributed by atoms with Crippen molar-refractivity contribution in [2.75, 3.05) is 0 Å². The number of nitrogens with zero attached hydrogens (tertiary/aromatic N) is 4. The molecular weight excluding hydrogens is 339 g/mol. The maximum absolute atomic E-state index is 11.0. The number of fused-ring (bicyclic) bond motifs is 1. The predicted molar refractivity (Wildman–Crippen MR) is 87.2 cm³/mol. The Morgan fingerprint density at radius 2 is 1.96 bits per heavy atom. The van der Waals surface area contributed by atoms with E-state index in [1.165, 1.54) is 0 Å². The molecule has 1 N–H and O–H groups in total. The lowest BCUT2D eigenvalue weighted by atomic mass is 10.3. The van der Waals surface area contributed by atoms with Crippen molar-refractivity contribution < 1.29 is 9.90 Å². The SMILES string of the molecule is O=C(O)Cc1nc2ccc(Cl)cn2c1N=Nc1ccccc1Cl. The molecule has 1 aromatic carbocycles. The predicted octanol–water partition coefficient (Wildman–Crippen LogP) is 4.68. The van der Waals surface area contributed by atoms with Crippen LogP contribution in [0.2, 0.25) is 10.0 Å². The van der Waals surface area contributed by atoms with Gasteiger partial charge in [0.15, 0.2) is 5.82 Å². The molecule has 0 amide bonds. The van der Waals surface area contributed by atoms with E-state index in [1.54, 1.807) is 47.0 Å². The number of carboxylic acids is 1. The molecule has 3 rings (SSSR count). The number of carboxylic acid groups (broad SMARTS) is 1. The molecule has 0 aliphatic heterocycles. The summed E-state index contributed by atoms with van der Waals surface area (Å²) in [7, 11) is 0. The van der Waals surface area contributed by atoms with Gasteiger partial charge >= 0.3 is 5.97 Å². The topological polar surface area (TPSA) is 79.3 Å². The number of benzene rings is 1. The van der Waals surface area contributed by atoms with Gasteiger partial charge in [-0.1, -0.05) is 35.3 Å². The van der Waals surface area contributed by atoms with Gasteiger partial charge in [-0.25, -0.2) is 4.98 Å². The summed E-state index contributed by atoms with van der Waals surface area (Å²) in [6.07, 6.45) is 1.34. The Balaban J connectivity index is 2.12. The monoisotopic (exact) mass is 348 g/mol. The molecule has 0 radical (unpaired) electrons. The lowest BCUT2D eigenvalue weighted by Crippen LogP contribution is -2.00. The van der Waals surface area contributed by atoms with Crippen LogP contribution >= 0.6 is 23.2 Å². The highest BCUT2D eigenvalue weighted by Gasteiger charge is 2.15. The lowest BCUT2D eigenvalue weighted by molar-refractivity contribution is -0.136. The summed E-state index contributed by atoms with van der Waals surface area (Å²) in [6.45, 7) is 0. The van der Waals surface area contributed by atoms with Crippen molar-refractivity contribution >= 4 is 46.3 Å². The van der Waals surface area contributed by atoms with E-state index in [9.17, 15) is 4.79 Å². The van der Waals surface area contributed by atoms with Crippen LogP contribution in [0.5, 0.6) is 0 Å². The average Bonchev–Trinajstić information content (AvgIpc) is 2.82. The number of hydrogen-bond donors (Lipinski definition) is 1. The van der Waals surface area contributed by atoms with E-state index in [2.05, 4.69) is 15.2 Å². The standard InChI is InChI=1S/C15H10Cl2N4O2/c16-9-5-6-13-18-12(7-14(22)23)15(21(13)8-9)20-19-11-4-2-1-3-10(11)17/h1-6,8H,7H2,(H,22,23). The van der Waals surface area contributed by atoms with E-state index < -0.39 is 5.97 Å². The highest BCUT2D eigenvalue weighted by Crippen LogP contribution is 2.29. The number of rotatable bonds is 4. The molecular formula is C15H10Cl2N4O2. The highest BCUT2D eigenvalue weighted by molar-refractivity contribution is 6.32. The molecule has 0 saturated carbocycles. The summed E-state index contributed by atoms with van der Waals surface area (Å²) in [4.78, 5) is 15.3. The summed E-state index contributed by atoms with van der Waals surface area (Å²) in [5.41, 5.74) is 1.32. The Hall–Kier alpha value is -2.44. The molecule has 0 bridgehead atoms. The summed E-state index contributed by atoms with van der Waals surface area (Å²) in [5, 5.41) is 18.2. The van der Waals surface area contributed by atoms with Crippen molar-refractivity contribution in [1.82, 2.24) is 9.38 Å². The third-order valence-corrected chi connectivity index (χ3v) is 3.59. The van der Waals surface area contributed by atoms with Crippen LogP contribution in [0.3, 0.4) is 0 Å². The Morgan fingerprint density at radius 3 is 2.70 bits per heavy atom. The van der Waals surface area contributed by atoms with Crippen molar-refractivity contribution in [2.24, 2.45) is 10.2 Å². The third-order valence-electron chi connectivity index (χ3n) is 3.05. The van der Waals surface area contributed by atoms with E-state index in [0.717, 1.165) is 0 Å². The Kier molecular flexibility index (Phi) is 4.27. The molecule has 6 nitrogen and oxygen atoms in total. The Morgan fingerprint density at radius 1 is 1.17 bits per heavy atom. The number of halogens is 2. The van der Waals surface area contributed by atoms with Gasteiger partial charge in [0.25, 0.3) is 0 Å². The maximum atomic E-state index is 11.0. The molecule has 2 aromatic heterocycles. The number of imidazole rings is 1. The zero-order valence-electron chi connectivity index (χ0n) is 11.6. The van der Waals surface area contributed by atoms with Crippen LogP contribution in [-0.2, 0) is 11.2 Å². The van der Waals surface area contributed by atoms with Gasteiger partial charge in [-0.3, -0.25) is 9.20 Å². The molecule has 3 aromatic rings. The lowest BCUT2D eigenvalue weighted by Gasteiger charge is -1.99. The second kappa shape index (κ2) is 6.36. The van der Waals surface area contributed by atoms with Crippen LogP contribution in [0.1, 0.15) is 5.69 Å². The number of aliphatic carboxylic acids is 1. The molecule has 2 heterocycles. The first-order valence-corrected chi connectivity index (χ1v) is 7.35. The van der Waals surface area contributed by atoms with Crippen LogP contribution in [0.25, 0.3) is 5.65 Å². The summed E-state index contributed by atoms with van der Waals surface area (Å²) in [6, 6.07) is 10.3. The van der Waals surface area contributed by atoms with Crippen LogP contribution in [0.15, 0.2) is 52.8 Å². The van der Waals surface area contributed by atoms with Crippen molar-refractivity contribution in [2.45, 2.75) is 6.42 Å². The van der Waals surface area contributed by atoms with Gasteiger partial charge in [-0.2, -0.15) is 0 Å².